The Hall–Kier alpha value is -2.13. The normalized spacial score (nSPS) is 16.0. The molecule has 3 rings (SSSR count). The van der Waals surface area contributed by atoms with Crippen LogP contribution in [0.15, 0.2) is 34.1 Å². The third-order valence-corrected chi connectivity index (χ3v) is 6.20. The van der Waals surface area contributed by atoms with E-state index in [1.807, 2.05) is 32.0 Å². The van der Waals surface area contributed by atoms with E-state index in [2.05, 4.69) is 15.5 Å². The lowest BCUT2D eigenvalue weighted by atomic mass is 10.1. The average Bonchev–Trinajstić information content (AvgIpc) is 3.22. The number of nitrogens with one attached hydrogen (secondary N) is 1. The van der Waals surface area contributed by atoms with Gasteiger partial charge in [-0.05, 0) is 25.0 Å². The van der Waals surface area contributed by atoms with Gasteiger partial charge in [0.2, 0.25) is 5.91 Å². The van der Waals surface area contributed by atoms with Gasteiger partial charge in [-0.1, -0.05) is 49.1 Å². The number of hydrogen-bond acceptors (Lipinski definition) is 7. The predicted molar refractivity (Wildman–Crippen MR) is 106 cm³/mol. The second kappa shape index (κ2) is 9.18. The summed E-state index contributed by atoms with van der Waals surface area (Å²) in [5.74, 6) is 0.492. The van der Waals surface area contributed by atoms with Gasteiger partial charge in [-0.2, -0.15) is 0 Å². The van der Waals surface area contributed by atoms with E-state index < -0.39 is 6.10 Å². The van der Waals surface area contributed by atoms with E-state index in [0.29, 0.717) is 11.4 Å². The maximum absolute atomic E-state index is 12.8. The molecule has 0 fully saturated rings. The quantitative estimate of drug-likeness (QED) is 0.712. The van der Waals surface area contributed by atoms with Crippen LogP contribution in [-0.2, 0) is 9.59 Å². The van der Waals surface area contributed by atoms with Crippen LogP contribution in [0.1, 0.15) is 26.7 Å². The number of rotatable bonds is 7. The summed E-state index contributed by atoms with van der Waals surface area (Å²) in [6.45, 7) is 4.26. The van der Waals surface area contributed by atoms with Crippen LogP contribution >= 0.6 is 23.1 Å². The van der Waals surface area contributed by atoms with E-state index in [1.54, 1.807) is 16.5 Å². The van der Waals surface area contributed by atoms with E-state index in [1.165, 1.54) is 23.1 Å². The molecule has 2 aromatic rings. The van der Waals surface area contributed by atoms with Gasteiger partial charge < -0.3 is 15.0 Å². The van der Waals surface area contributed by atoms with Gasteiger partial charge >= 0.3 is 0 Å². The lowest BCUT2D eigenvalue weighted by Crippen LogP contribution is -2.52. The Morgan fingerprint density at radius 1 is 1.37 bits per heavy atom. The number of carbonyl (C=O) groups is 2. The molecule has 1 aliphatic rings. The van der Waals surface area contributed by atoms with Crippen molar-refractivity contribution in [2.24, 2.45) is 0 Å². The van der Waals surface area contributed by atoms with E-state index >= 15 is 0 Å². The van der Waals surface area contributed by atoms with Crippen molar-refractivity contribution in [3.05, 3.63) is 29.8 Å². The second-order valence-electron chi connectivity index (χ2n) is 6.09. The average molecular weight is 407 g/mol. The summed E-state index contributed by atoms with van der Waals surface area (Å²) in [5.41, 5.74) is 2.32. The molecule has 1 aromatic carbocycles. The number of ether oxygens (including phenoxy) is 1. The van der Waals surface area contributed by atoms with Crippen LogP contribution in [0.5, 0.6) is 5.75 Å². The SMILES string of the molecule is CCC(CC)NC(=O)C1CN(C(=O)CSc2nncs2)c2ccccc2O1. The van der Waals surface area contributed by atoms with E-state index in [9.17, 15) is 9.59 Å². The summed E-state index contributed by atoms with van der Waals surface area (Å²) in [4.78, 5) is 27.1. The molecule has 1 atom stereocenters. The Bertz CT molecular complexity index is 781. The number of aromatic nitrogens is 2. The predicted octanol–water partition coefficient (Wildman–Crippen LogP) is 2.73. The van der Waals surface area contributed by atoms with Gasteiger partial charge in [-0.3, -0.25) is 9.59 Å². The lowest BCUT2D eigenvalue weighted by molar-refractivity contribution is -0.129. The van der Waals surface area contributed by atoms with Crippen molar-refractivity contribution in [2.75, 3.05) is 17.2 Å². The molecule has 1 aromatic heterocycles. The van der Waals surface area contributed by atoms with Gasteiger partial charge in [0.15, 0.2) is 10.4 Å². The van der Waals surface area contributed by atoms with Crippen molar-refractivity contribution in [3.63, 3.8) is 0 Å². The summed E-state index contributed by atoms with van der Waals surface area (Å²) in [7, 11) is 0. The highest BCUT2D eigenvalue weighted by atomic mass is 32.2. The van der Waals surface area contributed by atoms with Crippen molar-refractivity contribution in [3.8, 4) is 5.75 Å². The number of benzene rings is 1. The number of carbonyl (C=O) groups excluding carboxylic acids is 2. The number of nitrogens with zero attached hydrogens (tertiary/aromatic N) is 3. The minimum atomic E-state index is -0.726. The Morgan fingerprint density at radius 2 is 2.15 bits per heavy atom. The molecular formula is C18H22N4O3S2. The lowest BCUT2D eigenvalue weighted by Gasteiger charge is -2.34. The highest BCUT2D eigenvalue weighted by molar-refractivity contribution is 8.01. The Labute approximate surface area is 166 Å². The van der Waals surface area contributed by atoms with E-state index in [4.69, 9.17) is 4.74 Å². The fourth-order valence-electron chi connectivity index (χ4n) is 2.82. The number of para-hydroxylation sites is 2. The summed E-state index contributed by atoms with van der Waals surface area (Å²) in [6.07, 6.45) is 0.982. The molecule has 2 amide bonds. The number of anilines is 1. The van der Waals surface area contributed by atoms with Crippen molar-refractivity contribution < 1.29 is 14.3 Å². The maximum atomic E-state index is 12.8. The minimum absolute atomic E-state index is 0.0914. The third kappa shape index (κ3) is 4.78. The molecule has 0 radical (unpaired) electrons. The first-order valence-electron chi connectivity index (χ1n) is 8.87. The zero-order chi connectivity index (χ0) is 19.2. The summed E-state index contributed by atoms with van der Waals surface area (Å²) < 4.78 is 6.62. The molecule has 2 heterocycles. The van der Waals surface area contributed by atoms with Crippen LogP contribution in [0.25, 0.3) is 0 Å². The minimum Gasteiger partial charge on any atom is -0.477 e. The molecule has 27 heavy (non-hydrogen) atoms. The largest absolute Gasteiger partial charge is 0.477 e. The van der Waals surface area contributed by atoms with Crippen molar-refractivity contribution >= 4 is 40.6 Å². The topological polar surface area (TPSA) is 84.4 Å². The van der Waals surface area contributed by atoms with Crippen LogP contribution in [-0.4, -0.2) is 46.5 Å². The van der Waals surface area contributed by atoms with Gasteiger partial charge in [0.25, 0.3) is 5.91 Å². The monoisotopic (exact) mass is 406 g/mol. The number of hydrogen-bond donors (Lipinski definition) is 1. The standard InChI is InChI=1S/C18H22N4O3S2/c1-3-12(4-2)20-17(24)15-9-22(13-7-5-6-8-14(13)25-15)16(23)10-26-18-21-19-11-27-18/h5-8,11-12,15H,3-4,9-10H2,1-2H3,(H,20,24). The molecule has 0 saturated heterocycles. The maximum Gasteiger partial charge on any atom is 0.263 e. The molecule has 1 aliphatic heterocycles. The van der Waals surface area contributed by atoms with Crippen LogP contribution < -0.4 is 15.0 Å². The molecule has 0 bridgehead atoms. The zero-order valence-corrected chi connectivity index (χ0v) is 16.9. The Morgan fingerprint density at radius 3 is 2.85 bits per heavy atom. The van der Waals surface area contributed by atoms with Gasteiger partial charge in [0.05, 0.1) is 18.0 Å². The molecule has 0 aliphatic carbocycles. The molecule has 1 N–H and O–H groups in total. The van der Waals surface area contributed by atoms with Crippen molar-refractivity contribution in [1.29, 1.82) is 0 Å². The number of thioether (sulfide) groups is 1. The summed E-state index contributed by atoms with van der Waals surface area (Å²) in [6, 6.07) is 7.40. The van der Waals surface area contributed by atoms with Gasteiger partial charge in [-0.25, -0.2) is 0 Å². The van der Waals surface area contributed by atoms with Gasteiger partial charge in [0.1, 0.15) is 11.3 Å². The zero-order valence-electron chi connectivity index (χ0n) is 15.3. The fraction of sp³-hybridized carbons (Fsp3) is 0.444. The van der Waals surface area contributed by atoms with E-state index in [-0.39, 0.29) is 30.2 Å². The molecule has 9 heteroatoms. The number of fused-ring (bicyclic) bond motifs is 1. The summed E-state index contributed by atoms with van der Waals surface area (Å²) >= 11 is 2.74. The first kappa shape index (κ1) is 19.6. The van der Waals surface area contributed by atoms with Crippen LogP contribution in [0, 0.1) is 0 Å². The van der Waals surface area contributed by atoms with Crippen LogP contribution in [0.3, 0.4) is 0 Å². The van der Waals surface area contributed by atoms with E-state index in [0.717, 1.165) is 17.2 Å². The summed E-state index contributed by atoms with van der Waals surface area (Å²) in [5, 5.41) is 10.7. The molecule has 0 spiro atoms. The first-order chi connectivity index (χ1) is 13.1. The van der Waals surface area contributed by atoms with Gasteiger partial charge in [-0.15, -0.1) is 10.2 Å². The molecule has 0 saturated carbocycles. The molecular weight excluding hydrogens is 384 g/mol. The smallest absolute Gasteiger partial charge is 0.263 e. The van der Waals surface area contributed by atoms with Crippen molar-refractivity contribution in [2.45, 2.75) is 43.2 Å². The molecule has 144 valence electrons. The first-order valence-corrected chi connectivity index (χ1v) is 10.7. The van der Waals surface area contributed by atoms with Gasteiger partial charge in [0, 0.05) is 6.04 Å². The number of amides is 2. The highest BCUT2D eigenvalue weighted by Crippen LogP contribution is 2.34. The van der Waals surface area contributed by atoms with Crippen molar-refractivity contribution in [1.82, 2.24) is 15.5 Å². The Kier molecular flexibility index (Phi) is 6.68. The fourth-order valence-corrected chi connectivity index (χ4v) is 4.19. The third-order valence-electron chi connectivity index (χ3n) is 4.36. The van der Waals surface area contributed by atoms with Crippen LogP contribution in [0.2, 0.25) is 0 Å². The molecule has 7 nitrogen and oxygen atoms in total. The highest BCUT2D eigenvalue weighted by Gasteiger charge is 2.34. The molecule has 1 unspecified atom stereocenters. The second-order valence-corrected chi connectivity index (χ2v) is 8.15. The van der Waals surface area contributed by atoms with Crippen LogP contribution in [0.4, 0.5) is 5.69 Å². The Balaban J connectivity index is 1.73.